The van der Waals surface area contributed by atoms with Crippen molar-refractivity contribution in [1.29, 1.82) is 0 Å². The van der Waals surface area contributed by atoms with Gasteiger partial charge < -0.3 is 83.4 Å². The van der Waals surface area contributed by atoms with E-state index in [4.69, 9.17) is 61.4 Å². The summed E-state index contributed by atoms with van der Waals surface area (Å²) in [5.74, 6) is -1.63. The number of hydrogen-bond donors (Lipinski definition) is 5. The van der Waals surface area contributed by atoms with E-state index in [1.807, 2.05) is 13.8 Å². The number of likely N-dealkylation sites (tertiary alicyclic amines) is 2. The van der Waals surface area contributed by atoms with Gasteiger partial charge in [0, 0.05) is 114 Å². The van der Waals surface area contributed by atoms with Crippen LogP contribution in [0.3, 0.4) is 0 Å². The van der Waals surface area contributed by atoms with Crippen molar-refractivity contribution in [3.8, 4) is 0 Å². The van der Waals surface area contributed by atoms with Crippen molar-refractivity contribution in [1.82, 2.24) is 36.4 Å². The summed E-state index contributed by atoms with van der Waals surface area (Å²) < 4.78 is 82.1. The molecule has 0 aromatic carbocycles. The Morgan fingerprint density at radius 2 is 0.695 bits per heavy atom. The van der Waals surface area contributed by atoms with Crippen LogP contribution in [0.15, 0.2) is 0 Å². The van der Waals surface area contributed by atoms with Crippen LogP contribution in [0.25, 0.3) is 0 Å². The molecule has 608 valence electrons. The molecule has 34 heteroatoms. The second kappa shape index (κ2) is 71.2. The Labute approximate surface area is 632 Å². The Bertz CT molecular complexity index is 2330. The van der Waals surface area contributed by atoms with Crippen molar-refractivity contribution in [2.75, 3.05) is 223 Å². The van der Waals surface area contributed by atoms with Gasteiger partial charge in [0.25, 0.3) is 0 Å². The highest BCUT2D eigenvalue weighted by atomic mass is 33.1. The van der Waals surface area contributed by atoms with Crippen LogP contribution in [0, 0.1) is 11.8 Å². The fourth-order valence-corrected chi connectivity index (χ4v) is 12.2. The van der Waals surface area contributed by atoms with Crippen LogP contribution in [0.2, 0.25) is 0 Å². The third-order valence-electron chi connectivity index (χ3n) is 15.7. The molecule has 2 saturated heterocycles. The molecule has 2 aliphatic heterocycles. The van der Waals surface area contributed by atoms with Gasteiger partial charge in [-0.05, 0) is 49.5 Å². The minimum atomic E-state index is -1.53. The quantitative estimate of drug-likeness (QED) is 0.0223. The molecule has 0 saturated carbocycles. The van der Waals surface area contributed by atoms with Gasteiger partial charge in [-0.3, -0.25) is 57.7 Å². The summed E-state index contributed by atoms with van der Waals surface area (Å²) in [6.45, 7) is 21.7. The van der Waals surface area contributed by atoms with E-state index in [0.717, 1.165) is 61.2 Å². The van der Waals surface area contributed by atoms with Crippen LogP contribution in [0.1, 0.15) is 156 Å². The van der Waals surface area contributed by atoms with Crippen LogP contribution in [0.5, 0.6) is 0 Å². The topological polar surface area (TPSA) is 374 Å². The van der Waals surface area contributed by atoms with Gasteiger partial charge in [0.1, 0.15) is 6.61 Å². The molecule has 2 aliphatic rings. The number of rotatable bonds is 75. The summed E-state index contributed by atoms with van der Waals surface area (Å²) in [6.07, 6.45) is 10.4. The molecule has 0 bridgehead atoms. The van der Waals surface area contributed by atoms with Crippen LogP contribution in [0.4, 0.5) is 0 Å². The largest absolute Gasteiger partial charge is 0.504 e. The normalized spacial score (nSPS) is 14.7. The van der Waals surface area contributed by atoms with E-state index in [-0.39, 0.29) is 117 Å². The molecule has 2 fully saturated rings. The van der Waals surface area contributed by atoms with Crippen LogP contribution >= 0.6 is 29.6 Å². The summed E-state index contributed by atoms with van der Waals surface area (Å²) in [4.78, 5) is 126. The van der Waals surface area contributed by atoms with E-state index in [1.165, 1.54) is 0 Å². The minimum Gasteiger partial charge on any atom is -0.379 e. The Hall–Kier alpha value is -4.42. The molecule has 2 heterocycles. The molecule has 31 nitrogen and oxygen atoms in total. The smallest absolute Gasteiger partial charge is 0.379 e. The summed E-state index contributed by atoms with van der Waals surface area (Å²) in [5, 5.41) is 14.3. The predicted octanol–water partition coefficient (Wildman–Crippen LogP) is 5.31. The predicted molar refractivity (Wildman–Crippen MR) is 399 cm³/mol. The van der Waals surface area contributed by atoms with Crippen molar-refractivity contribution in [3.63, 3.8) is 0 Å². The lowest BCUT2D eigenvalue weighted by Crippen LogP contribution is -2.42. The molecule has 0 spiro atoms. The Kier molecular flexibility index (Phi) is 66.9. The molecule has 3 unspecified atom stereocenters. The van der Waals surface area contributed by atoms with Crippen LogP contribution in [-0.4, -0.2) is 297 Å². The van der Waals surface area contributed by atoms with Gasteiger partial charge in [-0.2, -0.15) is 0 Å². The zero-order chi connectivity index (χ0) is 76.9. The molecular weight excluding hydrogens is 1430 g/mol. The molecule has 0 aliphatic carbocycles. The highest BCUT2D eigenvalue weighted by Crippen LogP contribution is 2.22. The van der Waals surface area contributed by atoms with E-state index in [0.29, 0.717) is 235 Å². The maximum absolute atomic E-state index is 13.4. The second-order valence-corrected chi connectivity index (χ2v) is 28.2. The number of imide groups is 2. The molecule has 0 aromatic heterocycles. The van der Waals surface area contributed by atoms with Crippen molar-refractivity contribution in [3.05, 3.63) is 0 Å². The highest BCUT2D eigenvalue weighted by molar-refractivity contribution is 8.76. The van der Waals surface area contributed by atoms with E-state index in [1.54, 1.807) is 42.1 Å². The maximum atomic E-state index is 13.4. The Morgan fingerprint density at radius 1 is 0.381 bits per heavy atom. The molecule has 0 radical (unpaired) electrons. The minimum absolute atomic E-state index is 0.00284. The monoisotopic (exact) mass is 1560 g/mol. The second-order valence-electron chi connectivity index (χ2n) is 24.4. The lowest BCUT2D eigenvalue weighted by atomic mass is 9.99. The number of nitrogens with zero attached hydrogens (tertiary/aromatic N) is 2. The SMILES string of the molecule is CC.CC1CC(=O)N(CCC(=O)NCCCC[C@H](NC(=O)CCN2C(=O)CC(C)C2=O)C(=O)CCCCCCCNC(=O)CCSSCCNC(=O)CCOCCOCCOCCOCCOCCOCCOCCOCCOCCOCCOCCOCCC(=O)NCCCCCCO[P+](C)=O)C1=O. The average Bonchev–Trinajstić information content (AvgIpc) is 1.72. The lowest BCUT2D eigenvalue weighted by molar-refractivity contribution is -0.141. The summed E-state index contributed by atoms with van der Waals surface area (Å²) >= 11 is 0. The number of unbranched alkanes of at least 4 members (excludes halogenated alkanes) is 8. The number of nitrogens with one attached hydrogen (secondary N) is 5. The highest BCUT2D eigenvalue weighted by Gasteiger charge is 2.36. The van der Waals surface area contributed by atoms with E-state index < -0.39 is 25.9 Å². The van der Waals surface area contributed by atoms with Crippen molar-refractivity contribution >= 4 is 88.6 Å². The van der Waals surface area contributed by atoms with Gasteiger partial charge in [0.2, 0.25) is 53.2 Å². The zero-order valence-corrected chi connectivity index (χ0v) is 66.2. The third kappa shape index (κ3) is 59.2. The molecule has 2 rings (SSSR count). The fraction of sp³-hybridized carbons (Fsp3) is 0.859. The van der Waals surface area contributed by atoms with Crippen molar-refractivity contribution in [2.45, 2.75) is 162 Å². The van der Waals surface area contributed by atoms with Crippen molar-refractivity contribution in [2.24, 2.45) is 11.8 Å². The first-order valence-electron chi connectivity index (χ1n) is 37.9. The molecule has 9 amide bonds. The van der Waals surface area contributed by atoms with Gasteiger partial charge in [0.05, 0.1) is 165 Å². The van der Waals surface area contributed by atoms with E-state index >= 15 is 0 Å². The first kappa shape index (κ1) is 98.6. The number of amides is 9. The van der Waals surface area contributed by atoms with E-state index in [9.17, 15) is 52.5 Å². The number of ketones is 1. The summed E-state index contributed by atoms with van der Waals surface area (Å²) in [5.41, 5.74) is 0. The number of ether oxygens (including phenoxy) is 12. The van der Waals surface area contributed by atoms with Crippen LogP contribution in [-0.2, 0) is 114 Å². The molecular formula is C71H129N7O24PS2+. The average molecular weight is 1560 g/mol. The van der Waals surface area contributed by atoms with Gasteiger partial charge >= 0.3 is 8.03 Å². The zero-order valence-electron chi connectivity index (χ0n) is 63.7. The molecule has 5 N–H and O–H groups in total. The first-order chi connectivity index (χ1) is 51.1. The van der Waals surface area contributed by atoms with Gasteiger partial charge in [-0.15, -0.1) is 4.52 Å². The molecule has 105 heavy (non-hydrogen) atoms. The fourth-order valence-electron chi connectivity index (χ4n) is 9.92. The Balaban J connectivity index is 0.0000273. The summed E-state index contributed by atoms with van der Waals surface area (Å²) in [7, 11) is 1.64. The third-order valence-corrected chi connectivity index (χ3v) is 18.6. The van der Waals surface area contributed by atoms with Crippen molar-refractivity contribution < 1.29 is 114 Å². The number of carbonyl (C=O) groups is 10. The van der Waals surface area contributed by atoms with Gasteiger partial charge in [0.15, 0.2) is 12.4 Å². The summed E-state index contributed by atoms with van der Waals surface area (Å²) in [6, 6.07) is -0.765. The number of carbonyl (C=O) groups excluding carboxylic acids is 10. The van der Waals surface area contributed by atoms with Gasteiger partial charge in [-0.25, -0.2) is 0 Å². The maximum Gasteiger partial charge on any atom is 0.504 e. The number of hydrogen-bond acceptors (Lipinski definition) is 26. The molecule has 0 aromatic rings. The Morgan fingerprint density at radius 3 is 1.08 bits per heavy atom. The van der Waals surface area contributed by atoms with Gasteiger partial charge in [-0.1, -0.05) is 81.4 Å². The van der Waals surface area contributed by atoms with E-state index in [2.05, 4.69) is 26.6 Å². The lowest BCUT2D eigenvalue weighted by Gasteiger charge is -2.19. The number of Topliss-reactive ketones (excluding diaryl/α,β-unsaturated/α-hetero) is 1. The standard InChI is InChI=1S/C69H122N7O24PS2.C2H6/c1-57-55-66(83)75(68(57)85)26-17-61(78)70-24-13-10-15-59(74-65(82)18-27-76-67(84)56-58(2)69(76)86)60(77)16-9-5-4-6-11-23-72-64(81)21-53-102-103-54-25-73-63(80)20-30-89-32-34-91-36-38-93-40-42-95-44-46-97-48-50-99-52-51-98-49-47-96-45-43-94-41-39-92-37-35-90-33-31-88-29-19-62(79)71-22-12-7-8-14-28-100-101(3)87;1-2/h57-59H,4-56H2,1-3H3,(H4-,70,71,72,73,74,78,79,80,81,82);1-2H3/p+1/t57?,58?,59-;/m0./s1. The molecule has 4 atom stereocenters. The first-order valence-corrected chi connectivity index (χ1v) is 42.0. The van der Waals surface area contributed by atoms with Crippen LogP contribution < -0.4 is 26.6 Å².